The number of carboxylic acid groups (broad SMARTS) is 1. The molecule has 0 bridgehead atoms. The highest BCUT2D eigenvalue weighted by Gasteiger charge is 2.16. The quantitative estimate of drug-likeness (QED) is 0.903. The van der Waals surface area contributed by atoms with Crippen LogP contribution in [0, 0.1) is 13.8 Å². The van der Waals surface area contributed by atoms with Gasteiger partial charge in [0.1, 0.15) is 0 Å². The number of thiophene rings is 1. The fourth-order valence-corrected chi connectivity index (χ4v) is 2.61. The average Bonchev–Trinajstić information content (AvgIpc) is 2.77. The van der Waals surface area contributed by atoms with Gasteiger partial charge in [-0.15, -0.1) is 0 Å². The van der Waals surface area contributed by atoms with E-state index in [2.05, 4.69) is 5.32 Å². The van der Waals surface area contributed by atoms with Crippen LogP contribution >= 0.6 is 11.3 Å². The van der Waals surface area contributed by atoms with Gasteiger partial charge in [-0.25, -0.2) is 4.79 Å². The monoisotopic (exact) mass is 275 g/mol. The summed E-state index contributed by atoms with van der Waals surface area (Å²) < 4.78 is 0. The molecule has 0 aliphatic rings. The number of aromatic carboxylic acids is 1. The van der Waals surface area contributed by atoms with Crippen molar-refractivity contribution < 1.29 is 14.7 Å². The molecule has 1 aromatic heterocycles. The Hall–Kier alpha value is -2.14. The van der Waals surface area contributed by atoms with Crippen molar-refractivity contribution in [1.29, 1.82) is 0 Å². The van der Waals surface area contributed by atoms with Crippen molar-refractivity contribution in [2.24, 2.45) is 0 Å². The Morgan fingerprint density at radius 3 is 2.42 bits per heavy atom. The van der Waals surface area contributed by atoms with Crippen LogP contribution in [-0.4, -0.2) is 17.0 Å². The van der Waals surface area contributed by atoms with E-state index in [1.54, 1.807) is 24.4 Å². The predicted octanol–water partition coefficient (Wildman–Crippen LogP) is 3.32. The molecule has 1 aromatic carbocycles. The summed E-state index contributed by atoms with van der Waals surface area (Å²) in [5.41, 5.74) is 2.63. The minimum absolute atomic E-state index is 0.0984. The summed E-state index contributed by atoms with van der Waals surface area (Å²) >= 11 is 1.44. The molecule has 0 radical (unpaired) electrons. The zero-order valence-electron chi connectivity index (χ0n) is 10.6. The molecule has 0 saturated heterocycles. The summed E-state index contributed by atoms with van der Waals surface area (Å²) in [6.45, 7) is 3.61. The van der Waals surface area contributed by atoms with Gasteiger partial charge in [0.25, 0.3) is 5.91 Å². The first-order chi connectivity index (χ1) is 9.00. The number of carbonyl (C=O) groups is 2. The normalized spacial score (nSPS) is 10.2. The van der Waals surface area contributed by atoms with Crippen LogP contribution in [0.3, 0.4) is 0 Å². The molecule has 0 aliphatic carbocycles. The molecular formula is C14H13NO3S. The first-order valence-electron chi connectivity index (χ1n) is 5.67. The number of benzene rings is 1. The van der Waals surface area contributed by atoms with Gasteiger partial charge < -0.3 is 10.4 Å². The summed E-state index contributed by atoms with van der Waals surface area (Å²) in [5, 5.41) is 15.5. The predicted molar refractivity (Wildman–Crippen MR) is 75.1 cm³/mol. The van der Waals surface area contributed by atoms with Gasteiger partial charge in [-0.3, -0.25) is 4.79 Å². The molecule has 0 saturated carbocycles. The van der Waals surface area contributed by atoms with E-state index in [-0.39, 0.29) is 11.5 Å². The van der Waals surface area contributed by atoms with Gasteiger partial charge in [0.15, 0.2) is 0 Å². The lowest BCUT2D eigenvalue weighted by Gasteiger charge is -2.11. The standard InChI is InChI=1S/C14H13NO3S/c1-8-4-3-5-10(14(17)18)12(8)15-13(16)11-7-19-6-9(11)2/h3-7H,1-2H3,(H,15,16)(H,17,18). The van der Waals surface area contributed by atoms with E-state index in [1.165, 1.54) is 17.4 Å². The molecule has 2 rings (SSSR count). The number of aryl methyl sites for hydroxylation is 2. The van der Waals surface area contributed by atoms with Crippen LogP contribution in [0.5, 0.6) is 0 Å². The van der Waals surface area contributed by atoms with Crippen molar-refractivity contribution in [2.45, 2.75) is 13.8 Å². The highest BCUT2D eigenvalue weighted by molar-refractivity contribution is 7.08. The number of rotatable bonds is 3. The van der Waals surface area contributed by atoms with Gasteiger partial charge in [0.05, 0.1) is 16.8 Å². The third-order valence-corrected chi connectivity index (χ3v) is 3.70. The van der Waals surface area contributed by atoms with Gasteiger partial charge in [0, 0.05) is 5.38 Å². The van der Waals surface area contributed by atoms with Crippen LogP contribution in [0.15, 0.2) is 29.0 Å². The number of hydrogen-bond acceptors (Lipinski definition) is 3. The van der Waals surface area contributed by atoms with Gasteiger partial charge >= 0.3 is 5.97 Å². The molecule has 0 spiro atoms. The summed E-state index contributed by atoms with van der Waals surface area (Å²) in [5.74, 6) is -1.34. The van der Waals surface area contributed by atoms with Crippen LogP contribution in [0.2, 0.25) is 0 Å². The van der Waals surface area contributed by atoms with Crippen molar-refractivity contribution >= 4 is 28.9 Å². The Bertz CT molecular complexity index is 646. The van der Waals surface area contributed by atoms with Crippen LogP contribution in [0.4, 0.5) is 5.69 Å². The maximum absolute atomic E-state index is 12.1. The third kappa shape index (κ3) is 2.66. The molecule has 0 unspecified atom stereocenters. The molecule has 2 N–H and O–H groups in total. The first kappa shape index (κ1) is 13.3. The average molecular weight is 275 g/mol. The van der Waals surface area contributed by atoms with Gasteiger partial charge in [0.2, 0.25) is 0 Å². The lowest BCUT2D eigenvalue weighted by molar-refractivity contribution is 0.0698. The van der Waals surface area contributed by atoms with Crippen molar-refractivity contribution in [3.8, 4) is 0 Å². The van der Waals surface area contributed by atoms with Crippen molar-refractivity contribution in [3.63, 3.8) is 0 Å². The Balaban J connectivity index is 2.36. The van der Waals surface area contributed by atoms with Crippen molar-refractivity contribution in [3.05, 3.63) is 51.2 Å². The number of hydrogen-bond donors (Lipinski definition) is 2. The number of carboxylic acids is 1. The Morgan fingerprint density at radius 1 is 1.11 bits per heavy atom. The van der Waals surface area contributed by atoms with E-state index in [0.717, 1.165) is 11.1 Å². The SMILES string of the molecule is Cc1cscc1C(=O)Nc1c(C)cccc1C(=O)O. The third-order valence-electron chi connectivity index (χ3n) is 2.84. The highest BCUT2D eigenvalue weighted by Crippen LogP contribution is 2.23. The molecule has 0 fully saturated rings. The molecule has 4 nitrogen and oxygen atoms in total. The molecule has 1 heterocycles. The Morgan fingerprint density at radius 2 is 1.84 bits per heavy atom. The van der Waals surface area contributed by atoms with Gasteiger partial charge in [-0.1, -0.05) is 12.1 Å². The van der Waals surface area contributed by atoms with Crippen LogP contribution < -0.4 is 5.32 Å². The van der Waals surface area contributed by atoms with Crippen molar-refractivity contribution in [1.82, 2.24) is 0 Å². The molecule has 2 aromatic rings. The van der Waals surface area contributed by atoms with E-state index < -0.39 is 5.97 Å². The first-order valence-corrected chi connectivity index (χ1v) is 6.62. The largest absolute Gasteiger partial charge is 0.478 e. The zero-order valence-corrected chi connectivity index (χ0v) is 11.4. The van der Waals surface area contributed by atoms with E-state index in [1.807, 2.05) is 12.3 Å². The number of amides is 1. The van der Waals surface area contributed by atoms with E-state index in [4.69, 9.17) is 5.11 Å². The second-order valence-corrected chi connectivity index (χ2v) is 4.97. The minimum Gasteiger partial charge on any atom is -0.478 e. The fraction of sp³-hybridized carbons (Fsp3) is 0.143. The lowest BCUT2D eigenvalue weighted by Crippen LogP contribution is -2.16. The molecular weight excluding hydrogens is 262 g/mol. The van der Waals surface area contributed by atoms with E-state index in [9.17, 15) is 9.59 Å². The maximum Gasteiger partial charge on any atom is 0.337 e. The van der Waals surface area contributed by atoms with Crippen LogP contribution in [-0.2, 0) is 0 Å². The fourth-order valence-electron chi connectivity index (χ4n) is 1.79. The van der Waals surface area contributed by atoms with Crippen LogP contribution in [0.25, 0.3) is 0 Å². The smallest absolute Gasteiger partial charge is 0.337 e. The zero-order chi connectivity index (χ0) is 14.0. The Kier molecular flexibility index (Phi) is 3.66. The molecule has 1 amide bonds. The lowest BCUT2D eigenvalue weighted by atomic mass is 10.1. The van der Waals surface area contributed by atoms with Gasteiger partial charge in [-0.05, 0) is 36.4 Å². The molecule has 5 heteroatoms. The molecule has 98 valence electrons. The van der Waals surface area contributed by atoms with Crippen molar-refractivity contribution in [2.75, 3.05) is 5.32 Å². The molecule has 19 heavy (non-hydrogen) atoms. The summed E-state index contributed by atoms with van der Waals surface area (Å²) in [4.78, 5) is 23.3. The highest BCUT2D eigenvalue weighted by atomic mass is 32.1. The summed E-state index contributed by atoms with van der Waals surface area (Å²) in [6, 6.07) is 4.90. The minimum atomic E-state index is -1.05. The van der Waals surface area contributed by atoms with E-state index in [0.29, 0.717) is 11.3 Å². The second kappa shape index (κ2) is 5.24. The topological polar surface area (TPSA) is 66.4 Å². The second-order valence-electron chi connectivity index (χ2n) is 4.23. The maximum atomic E-state index is 12.1. The van der Waals surface area contributed by atoms with E-state index >= 15 is 0 Å². The number of nitrogens with one attached hydrogen (secondary N) is 1. The van der Waals surface area contributed by atoms with Gasteiger partial charge in [-0.2, -0.15) is 11.3 Å². The summed E-state index contributed by atoms with van der Waals surface area (Å²) in [6.07, 6.45) is 0. The molecule has 0 atom stereocenters. The number of carbonyl (C=O) groups excluding carboxylic acids is 1. The summed E-state index contributed by atoms with van der Waals surface area (Å²) in [7, 11) is 0. The van der Waals surface area contributed by atoms with Crippen LogP contribution in [0.1, 0.15) is 31.8 Å². The molecule has 0 aliphatic heterocycles. The number of anilines is 1. The Labute approximate surface area is 114 Å². The number of para-hydroxylation sites is 1.